The Kier molecular flexibility index (Phi) is 4.44. The van der Waals surface area contributed by atoms with Crippen molar-refractivity contribution >= 4 is 28.7 Å². The molecule has 0 spiro atoms. The lowest BCUT2D eigenvalue weighted by Gasteiger charge is -2.26. The summed E-state index contributed by atoms with van der Waals surface area (Å²) in [5.74, 6) is 0.317. The molecule has 1 aliphatic rings. The Morgan fingerprint density at radius 2 is 1.92 bits per heavy atom. The van der Waals surface area contributed by atoms with Gasteiger partial charge in [-0.05, 0) is 42.4 Å². The Bertz CT molecular complexity index is 959. The molecule has 2 aromatic carbocycles. The van der Waals surface area contributed by atoms with Crippen LogP contribution in [0.4, 0.5) is 0 Å². The topological polar surface area (TPSA) is 84.8 Å². The van der Waals surface area contributed by atoms with E-state index in [1.54, 1.807) is 30.1 Å². The molecular formula is C18H17N3O4S. The second kappa shape index (κ2) is 6.89. The summed E-state index contributed by atoms with van der Waals surface area (Å²) < 4.78 is 19.5. The van der Waals surface area contributed by atoms with E-state index in [0.29, 0.717) is 36.8 Å². The van der Waals surface area contributed by atoms with Crippen LogP contribution in [-0.2, 0) is 11.3 Å². The lowest BCUT2D eigenvalue weighted by molar-refractivity contribution is -0.143. The van der Waals surface area contributed by atoms with E-state index in [0.717, 1.165) is 16.6 Å². The minimum absolute atomic E-state index is 0.464. The van der Waals surface area contributed by atoms with E-state index >= 15 is 0 Å². The van der Waals surface area contributed by atoms with Crippen molar-refractivity contribution < 1.29 is 19.4 Å². The summed E-state index contributed by atoms with van der Waals surface area (Å²) in [4.78, 5) is 13.7. The number of benzene rings is 2. The zero-order valence-corrected chi connectivity index (χ0v) is 14.9. The first-order chi connectivity index (χ1) is 12.6. The summed E-state index contributed by atoms with van der Waals surface area (Å²) in [7, 11) is 1.79. The maximum atomic E-state index is 11.9. The molecule has 0 aliphatic carbocycles. The number of hydrogen-bond acceptors (Lipinski definition) is 7. The fraction of sp³-hybridized carbons (Fsp3) is 0.278. The zero-order chi connectivity index (χ0) is 18.1. The first-order valence-corrected chi connectivity index (χ1v) is 8.88. The fourth-order valence-corrected chi connectivity index (χ4v) is 3.64. The molecule has 0 bridgehead atoms. The van der Waals surface area contributed by atoms with Gasteiger partial charge >= 0.3 is 5.97 Å². The van der Waals surface area contributed by atoms with Gasteiger partial charge in [0.15, 0.2) is 11.5 Å². The van der Waals surface area contributed by atoms with Gasteiger partial charge in [0.1, 0.15) is 30.3 Å². The zero-order valence-electron chi connectivity index (χ0n) is 14.1. The van der Waals surface area contributed by atoms with Crippen LogP contribution < -0.4 is 9.47 Å². The quantitative estimate of drug-likeness (QED) is 0.738. The monoisotopic (exact) mass is 371 g/mol. The van der Waals surface area contributed by atoms with Gasteiger partial charge in [-0.25, -0.2) is 0 Å². The maximum Gasteiger partial charge on any atom is 0.325 e. The number of carbonyl (C=O) groups is 1. The van der Waals surface area contributed by atoms with Crippen LogP contribution in [0.25, 0.3) is 11.0 Å². The fourth-order valence-electron chi connectivity index (χ4n) is 3.12. The van der Waals surface area contributed by atoms with Crippen molar-refractivity contribution in [2.45, 2.75) is 12.6 Å². The summed E-state index contributed by atoms with van der Waals surface area (Å²) in [6, 6.07) is 10.3. The number of aliphatic carboxylic acids is 1. The van der Waals surface area contributed by atoms with Crippen LogP contribution in [0.5, 0.6) is 11.5 Å². The number of ether oxygens (including phenoxy) is 2. The van der Waals surface area contributed by atoms with Crippen molar-refractivity contribution in [3.8, 4) is 11.5 Å². The van der Waals surface area contributed by atoms with Crippen LogP contribution >= 0.6 is 11.7 Å². The van der Waals surface area contributed by atoms with E-state index in [-0.39, 0.29) is 0 Å². The Morgan fingerprint density at radius 1 is 1.15 bits per heavy atom. The minimum atomic E-state index is -0.916. The highest BCUT2D eigenvalue weighted by molar-refractivity contribution is 7.00. The van der Waals surface area contributed by atoms with Gasteiger partial charge in [-0.2, -0.15) is 8.75 Å². The molecule has 1 atom stereocenters. The standard InChI is InChI=1S/C18H17N3O4S/c1-21(10-11-2-4-13-14(8-11)20-26-19-13)17(18(22)23)12-3-5-15-16(9-12)25-7-6-24-15/h2-5,8-9,17H,6-7,10H2,1H3,(H,22,23). The van der Waals surface area contributed by atoms with Crippen LogP contribution in [0.3, 0.4) is 0 Å². The van der Waals surface area contributed by atoms with Crippen molar-refractivity contribution in [3.05, 3.63) is 47.5 Å². The summed E-state index contributed by atoms with van der Waals surface area (Å²) >= 11 is 1.17. The van der Waals surface area contributed by atoms with Gasteiger partial charge < -0.3 is 14.6 Å². The van der Waals surface area contributed by atoms with Crippen LogP contribution in [0.1, 0.15) is 17.2 Å². The first-order valence-electron chi connectivity index (χ1n) is 8.15. The van der Waals surface area contributed by atoms with Gasteiger partial charge in [0.05, 0.1) is 11.7 Å². The molecule has 0 fully saturated rings. The van der Waals surface area contributed by atoms with Gasteiger partial charge in [0.25, 0.3) is 0 Å². The molecule has 1 aromatic heterocycles. The average Bonchev–Trinajstić information content (AvgIpc) is 3.09. The van der Waals surface area contributed by atoms with Gasteiger partial charge in [-0.15, -0.1) is 0 Å². The smallest absolute Gasteiger partial charge is 0.325 e. The van der Waals surface area contributed by atoms with E-state index in [9.17, 15) is 9.90 Å². The number of fused-ring (bicyclic) bond motifs is 2. The van der Waals surface area contributed by atoms with E-state index in [1.165, 1.54) is 11.7 Å². The molecule has 7 nitrogen and oxygen atoms in total. The third-order valence-electron chi connectivity index (χ3n) is 4.31. The molecule has 4 rings (SSSR count). The molecule has 0 saturated heterocycles. The van der Waals surface area contributed by atoms with Crippen molar-refractivity contribution in [2.75, 3.05) is 20.3 Å². The van der Waals surface area contributed by atoms with Crippen LogP contribution in [0.15, 0.2) is 36.4 Å². The van der Waals surface area contributed by atoms with Crippen molar-refractivity contribution in [3.63, 3.8) is 0 Å². The molecular weight excluding hydrogens is 354 g/mol. The lowest BCUT2D eigenvalue weighted by Crippen LogP contribution is -2.30. The van der Waals surface area contributed by atoms with Crippen LogP contribution in [0.2, 0.25) is 0 Å². The Morgan fingerprint density at radius 3 is 2.73 bits per heavy atom. The van der Waals surface area contributed by atoms with Crippen molar-refractivity contribution in [1.29, 1.82) is 0 Å². The maximum absolute atomic E-state index is 11.9. The van der Waals surface area contributed by atoms with Gasteiger partial charge in [0, 0.05) is 6.54 Å². The number of hydrogen-bond donors (Lipinski definition) is 1. The predicted octanol–water partition coefficient (Wildman–Crippen LogP) is 2.72. The lowest BCUT2D eigenvalue weighted by atomic mass is 10.0. The number of rotatable bonds is 5. The largest absolute Gasteiger partial charge is 0.486 e. The highest BCUT2D eigenvalue weighted by Gasteiger charge is 2.26. The van der Waals surface area contributed by atoms with Crippen LogP contribution in [-0.4, -0.2) is 45.0 Å². The SMILES string of the molecule is CN(Cc1ccc2nsnc2c1)C(C(=O)O)c1ccc2c(c1)OCCO2. The molecule has 1 N–H and O–H groups in total. The average molecular weight is 371 g/mol. The Balaban J connectivity index is 1.60. The van der Waals surface area contributed by atoms with Gasteiger partial charge in [0.2, 0.25) is 0 Å². The molecule has 3 aromatic rings. The third kappa shape index (κ3) is 3.21. The molecule has 8 heteroatoms. The molecule has 0 amide bonds. The van der Waals surface area contributed by atoms with E-state index in [4.69, 9.17) is 9.47 Å². The molecule has 0 radical (unpaired) electrons. The molecule has 1 unspecified atom stereocenters. The minimum Gasteiger partial charge on any atom is -0.486 e. The number of carboxylic acid groups (broad SMARTS) is 1. The Hall–Kier alpha value is -2.71. The third-order valence-corrected chi connectivity index (χ3v) is 4.86. The summed E-state index contributed by atoms with van der Waals surface area (Å²) in [5, 5.41) is 9.78. The van der Waals surface area contributed by atoms with E-state index in [2.05, 4.69) is 8.75 Å². The number of likely N-dealkylation sites (N-methyl/N-ethyl adjacent to an activating group) is 1. The predicted molar refractivity (Wildman–Crippen MR) is 96.7 cm³/mol. The molecule has 0 saturated carbocycles. The highest BCUT2D eigenvalue weighted by atomic mass is 32.1. The normalized spacial score (nSPS) is 14.5. The summed E-state index contributed by atoms with van der Waals surface area (Å²) in [6.07, 6.45) is 0. The van der Waals surface area contributed by atoms with Crippen molar-refractivity contribution in [1.82, 2.24) is 13.6 Å². The summed E-state index contributed by atoms with van der Waals surface area (Å²) in [5.41, 5.74) is 3.31. The molecule has 2 heterocycles. The highest BCUT2D eigenvalue weighted by Crippen LogP contribution is 2.34. The molecule has 134 valence electrons. The second-order valence-electron chi connectivity index (χ2n) is 6.15. The van der Waals surface area contributed by atoms with E-state index in [1.807, 2.05) is 18.2 Å². The molecule has 26 heavy (non-hydrogen) atoms. The van der Waals surface area contributed by atoms with E-state index < -0.39 is 12.0 Å². The van der Waals surface area contributed by atoms with Gasteiger partial charge in [-0.3, -0.25) is 9.69 Å². The Labute approximate surface area is 154 Å². The van der Waals surface area contributed by atoms with Crippen molar-refractivity contribution in [2.24, 2.45) is 0 Å². The number of carboxylic acids is 1. The van der Waals surface area contributed by atoms with Gasteiger partial charge in [-0.1, -0.05) is 12.1 Å². The number of nitrogens with zero attached hydrogens (tertiary/aromatic N) is 3. The van der Waals surface area contributed by atoms with Crippen LogP contribution in [0, 0.1) is 0 Å². The summed E-state index contributed by atoms with van der Waals surface area (Å²) in [6.45, 7) is 1.44. The second-order valence-corrected chi connectivity index (χ2v) is 6.67. The molecule has 1 aliphatic heterocycles. The first kappa shape index (κ1) is 16.7. The number of aromatic nitrogens is 2.